The lowest BCUT2D eigenvalue weighted by Gasteiger charge is -2.07. The molecule has 1 rings (SSSR count). The van der Waals surface area contributed by atoms with Crippen LogP contribution in [0.3, 0.4) is 0 Å². The van der Waals surface area contributed by atoms with Crippen molar-refractivity contribution in [1.82, 2.24) is 5.32 Å². The molecule has 1 atom stereocenters. The molecule has 1 aliphatic rings. The van der Waals surface area contributed by atoms with E-state index in [0.29, 0.717) is 19.9 Å². The van der Waals surface area contributed by atoms with Crippen LogP contribution in [0.2, 0.25) is 0 Å². The lowest BCUT2D eigenvalue weighted by molar-refractivity contribution is -0.117. The van der Waals surface area contributed by atoms with Crippen molar-refractivity contribution in [1.29, 1.82) is 0 Å². The molecular weight excluding hydrogens is 230 g/mol. The van der Waals surface area contributed by atoms with Crippen LogP contribution in [0.25, 0.3) is 0 Å². The van der Waals surface area contributed by atoms with Gasteiger partial charge in [0.1, 0.15) is 12.9 Å². The normalized spacial score (nSPS) is 20.6. The van der Waals surface area contributed by atoms with Gasteiger partial charge >= 0.3 is 0 Å². The molecule has 1 heterocycles. The topological polar surface area (TPSA) is 47.6 Å². The van der Waals surface area contributed by atoms with Gasteiger partial charge in [-0.25, -0.2) is 0 Å². The molecule has 0 spiro atoms. The number of carbonyl (C=O) groups is 1. The molecule has 0 aromatic carbocycles. The van der Waals surface area contributed by atoms with Gasteiger partial charge in [0.05, 0.1) is 6.61 Å². The zero-order chi connectivity index (χ0) is 13.2. The Kier molecular flexibility index (Phi) is 7.37. The van der Waals surface area contributed by atoms with E-state index in [-0.39, 0.29) is 12.0 Å². The minimum absolute atomic E-state index is 0.0113. The second kappa shape index (κ2) is 8.89. The predicted molar refractivity (Wildman–Crippen MR) is 71.1 cm³/mol. The molecule has 4 nitrogen and oxygen atoms in total. The summed E-state index contributed by atoms with van der Waals surface area (Å²) in [5, 5.41) is 2.80. The summed E-state index contributed by atoms with van der Waals surface area (Å²) in [6.45, 7) is 5.48. The summed E-state index contributed by atoms with van der Waals surface area (Å²) < 4.78 is 10.3. The number of hydrogen-bond acceptors (Lipinski definition) is 3. The first kappa shape index (κ1) is 14.9. The number of ether oxygens (including phenoxy) is 2. The van der Waals surface area contributed by atoms with E-state index in [0.717, 1.165) is 12.0 Å². The van der Waals surface area contributed by atoms with Crippen LogP contribution in [0, 0.1) is 0 Å². The van der Waals surface area contributed by atoms with Gasteiger partial charge in [-0.05, 0) is 18.9 Å². The van der Waals surface area contributed by atoms with Crippen molar-refractivity contribution in [2.24, 2.45) is 0 Å². The van der Waals surface area contributed by atoms with Gasteiger partial charge in [-0.1, -0.05) is 31.9 Å². The first-order valence-corrected chi connectivity index (χ1v) is 6.54. The number of amides is 1. The van der Waals surface area contributed by atoms with E-state index in [1.54, 1.807) is 6.08 Å². The van der Waals surface area contributed by atoms with Gasteiger partial charge in [-0.2, -0.15) is 0 Å². The molecule has 0 bridgehead atoms. The van der Waals surface area contributed by atoms with E-state index in [4.69, 9.17) is 9.47 Å². The van der Waals surface area contributed by atoms with Crippen molar-refractivity contribution >= 4 is 5.91 Å². The predicted octanol–water partition coefficient (Wildman–Crippen LogP) is 2.17. The summed E-state index contributed by atoms with van der Waals surface area (Å²) in [4.78, 5) is 11.6. The molecule has 0 aliphatic carbocycles. The van der Waals surface area contributed by atoms with Gasteiger partial charge in [0, 0.05) is 12.6 Å². The van der Waals surface area contributed by atoms with Gasteiger partial charge in [-0.3, -0.25) is 4.79 Å². The number of carbonyl (C=O) groups excluding carboxylic acids is 1. The Hall–Kier alpha value is -1.13. The highest BCUT2D eigenvalue weighted by molar-refractivity contribution is 5.88. The standard InChI is InChI=1S/C14H23NO3/c1-3-4-5-6-7-12(2)8-14(16)15-9-13-10-17-11-18-13/h6-8,13H,3-5,9-11H2,1-2H3,(H,15,16). The van der Waals surface area contributed by atoms with Crippen LogP contribution in [0.5, 0.6) is 0 Å². The molecule has 0 aromatic heterocycles. The Morgan fingerprint density at radius 2 is 2.33 bits per heavy atom. The van der Waals surface area contributed by atoms with Crippen LogP contribution >= 0.6 is 0 Å². The van der Waals surface area contributed by atoms with Gasteiger partial charge in [0.2, 0.25) is 5.91 Å². The molecule has 1 amide bonds. The molecule has 1 aliphatic heterocycles. The maximum Gasteiger partial charge on any atom is 0.244 e. The Labute approximate surface area is 109 Å². The lowest BCUT2D eigenvalue weighted by Crippen LogP contribution is -2.32. The van der Waals surface area contributed by atoms with Crippen molar-refractivity contribution in [3.63, 3.8) is 0 Å². The number of rotatable bonds is 7. The average Bonchev–Trinajstić information content (AvgIpc) is 2.85. The fourth-order valence-electron chi connectivity index (χ4n) is 1.60. The number of allylic oxidation sites excluding steroid dienone is 3. The Balaban J connectivity index is 2.21. The number of hydrogen-bond donors (Lipinski definition) is 1. The van der Waals surface area contributed by atoms with Crippen LogP contribution < -0.4 is 5.32 Å². The highest BCUT2D eigenvalue weighted by Gasteiger charge is 2.15. The van der Waals surface area contributed by atoms with Crippen molar-refractivity contribution in [3.05, 3.63) is 23.8 Å². The zero-order valence-corrected chi connectivity index (χ0v) is 11.3. The van der Waals surface area contributed by atoms with E-state index in [2.05, 4.69) is 18.3 Å². The zero-order valence-electron chi connectivity index (χ0n) is 11.3. The second-order valence-electron chi connectivity index (χ2n) is 4.46. The van der Waals surface area contributed by atoms with E-state index < -0.39 is 0 Å². The smallest absolute Gasteiger partial charge is 0.244 e. The van der Waals surface area contributed by atoms with Gasteiger partial charge in [0.15, 0.2) is 0 Å². The Morgan fingerprint density at radius 1 is 1.50 bits per heavy atom. The van der Waals surface area contributed by atoms with Crippen molar-refractivity contribution in [2.45, 2.75) is 39.2 Å². The van der Waals surface area contributed by atoms with Crippen LogP contribution in [0.4, 0.5) is 0 Å². The molecule has 1 unspecified atom stereocenters. The van der Waals surface area contributed by atoms with Gasteiger partial charge < -0.3 is 14.8 Å². The Bertz CT molecular complexity index is 304. The fourth-order valence-corrected chi connectivity index (χ4v) is 1.60. The monoisotopic (exact) mass is 253 g/mol. The molecule has 1 N–H and O–H groups in total. The molecule has 0 radical (unpaired) electrons. The van der Waals surface area contributed by atoms with Crippen molar-refractivity contribution in [2.75, 3.05) is 19.9 Å². The van der Waals surface area contributed by atoms with E-state index >= 15 is 0 Å². The first-order valence-electron chi connectivity index (χ1n) is 6.54. The molecule has 0 saturated carbocycles. The van der Waals surface area contributed by atoms with Crippen LogP contribution in [-0.4, -0.2) is 32.0 Å². The third-order valence-corrected chi connectivity index (χ3v) is 2.66. The molecule has 4 heteroatoms. The Morgan fingerprint density at radius 3 is 3.00 bits per heavy atom. The summed E-state index contributed by atoms with van der Waals surface area (Å²) in [6.07, 6.45) is 9.14. The van der Waals surface area contributed by atoms with Crippen LogP contribution in [0.15, 0.2) is 23.8 Å². The fraction of sp³-hybridized carbons (Fsp3) is 0.643. The third-order valence-electron chi connectivity index (χ3n) is 2.66. The summed E-state index contributed by atoms with van der Waals surface area (Å²) >= 11 is 0. The maximum atomic E-state index is 11.6. The van der Waals surface area contributed by atoms with Gasteiger partial charge in [0.25, 0.3) is 0 Å². The number of nitrogens with one attached hydrogen (secondary N) is 1. The van der Waals surface area contributed by atoms with Crippen molar-refractivity contribution < 1.29 is 14.3 Å². The highest BCUT2D eigenvalue weighted by Crippen LogP contribution is 2.02. The third kappa shape index (κ3) is 6.57. The average molecular weight is 253 g/mol. The van der Waals surface area contributed by atoms with Crippen LogP contribution in [-0.2, 0) is 14.3 Å². The summed E-state index contributed by atoms with van der Waals surface area (Å²) in [6, 6.07) is 0. The molecular formula is C14H23NO3. The summed E-state index contributed by atoms with van der Waals surface area (Å²) in [5.74, 6) is -0.0804. The van der Waals surface area contributed by atoms with E-state index in [1.165, 1.54) is 12.8 Å². The first-order chi connectivity index (χ1) is 8.72. The SMILES string of the molecule is CCCCC=CC(C)=CC(=O)NCC1COCO1. The van der Waals surface area contributed by atoms with Crippen molar-refractivity contribution in [3.8, 4) is 0 Å². The minimum Gasteiger partial charge on any atom is -0.353 e. The van der Waals surface area contributed by atoms with E-state index in [9.17, 15) is 4.79 Å². The quantitative estimate of drug-likeness (QED) is 0.430. The molecule has 18 heavy (non-hydrogen) atoms. The van der Waals surface area contributed by atoms with Gasteiger partial charge in [-0.15, -0.1) is 0 Å². The maximum absolute atomic E-state index is 11.6. The second-order valence-corrected chi connectivity index (χ2v) is 4.46. The molecule has 1 fully saturated rings. The van der Waals surface area contributed by atoms with E-state index in [1.807, 2.05) is 13.0 Å². The lowest BCUT2D eigenvalue weighted by atomic mass is 10.2. The summed E-state index contributed by atoms with van der Waals surface area (Å²) in [7, 11) is 0. The highest BCUT2D eigenvalue weighted by atomic mass is 16.7. The minimum atomic E-state index is -0.0804. The molecule has 1 saturated heterocycles. The summed E-state index contributed by atoms with van der Waals surface area (Å²) in [5.41, 5.74) is 0.965. The van der Waals surface area contributed by atoms with Crippen LogP contribution in [0.1, 0.15) is 33.1 Å². The molecule has 0 aromatic rings. The number of unbranched alkanes of at least 4 members (excludes halogenated alkanes) is 2. The largest absolute Gasteiger partial charge is 0.353 e. The molecule has 102 valence electrons.